The predicted octanol–water partition coefficient (Wildman–Crippen LogP) is 4.76. The van der Waals surface area contributed by atoms with Gasteiger partial charge in [0.1, 0.15) is 17.5 Å². The first-order chi connectivity index (χ1) is 17.4. The smallest absolute Gasteiger partial charge is 0.257 e. The molecule has 1 aliphatic heterocycles. The Kier molecular flexibility index (Phi) is 7.90. The van der Waals surface area contributed by atoms with Gasteiger partial charge in [-0.1, -0.05) is 29.8 Å². The van der Waals surface area contributed by atoms with Crippen molar-refractivity contribution in [2.45, 2.75) is 25.8 Å². The number of hydrogen-bond donors (Lipinski definition) is 0. The Morgan fingerprint density at radius 2 is 1.78 bits per heavy atom. The fourth-order valence-corrected chi connectivity index (χ4v) is 4.46. The maximum atomic E-state index is 13.6. The van der Waals surface area contributed by atoms with E-state index in [-0.39, 0.29) is 24.8 Å². The molecule has 7 nitrogen and oxygen atoms in total. The minimum absolute atomic E-state index is 0.0999. The zero-order valence-electron chi connectivity index (χ0n) is 20.1. The third-order valence-corrected chi connectivity index (χ3v) is 6.25. The summed E-state index contributed by atoms with van der Waals surface area (Å²) < 4.78 is 10.7. The van der Waals surface area contributed by atoms with Crippen LogP contribution in [-0.4, -0.2) is 48.9 Å². The predicted molar refractivity (Wildman–Crippen MR) is 138 cm³/mol. The van der Waals surface area contributed by atoms with Crippen LogP contribution in [-0.2, 0) is 16.0 Å². The summed E-state index contributed by atoms with van der Waals surface area (Å²) in [5.74, 6) is 0.0243. The first kappa shape index (κ1) is 25.3. The number of halogens is 1. The number of benzene rings is 3. The molecule has 1 saturated heterocycles. The van der Waals surface area contributed by atoms with Gasteiger partial charge in [-0.3, -0.25) is 14.4 Å². The number of ether oxygens (including phenoxy) is 2. The highest BCUT2D eigenvalue weighted by Crippen LogP contribution is 2.29. The van der Waals surface area contributed by atoms with Crippen LogP contribution in [0.15, 0.2) is 72.8 Å². The summed E-state index contributed by atoms with van der Waals surface area (Å²) in [6.45, 7) is 2.62. The first-order valence-electron chi connectivity index (χ1n) is 11.7. The summed E-state index contributed by atoms with van der Waals surface area (Å²) in [4.78, 5) is 42.8. The van der Waals surface area contributed by atoms with Gasteiger partial charge in [0.15, 0.2) is 0 Å². The SMILES string of the molecule is CCOc1ccc(N2C(=O)CC(N(CCc3cccc(Cl)c3)C(=O)c3cccc(OC)c3)C2=O)cc1. The van der Waals surface area contributed by atoms with Crippen LogP contribution in [0.5, 0.6) is 11.5 Å². The second-order valence-corrected chi connectivity index (χ2v) is 8.76. The number of carbonyl (C=O) groups is 3. The molecular weight excluding hydrogens is 480 g/mol. The highest BCUT2D eigenvalue weighted by molar-refractivity contribution is 6.30. The molecule has 1 aliphatic rings. The third kappa shape index (κ3) is 5.52. The van der Waals surface area contributed by atoms with Crippen molar-refractivity contribution in [1.29, 1.82) is 0 Å². The molecule has 3 amide bonds. The van der Waals surface area contributed by atoms with Crippen molar-refractivity contribution in [2.24, 2.45) is 0 Å². The van der Waals surface area contributed by atoms with E-state index < -0.39 is 11.9 Å². The molecule has 186 valence electrons. The van der Waals surface area contributed by atoms with Gasteiger partial charge in [-0.2, -0.15) is 0 Å². The molecule has 3 aromatic carbocycles. The van der Waals surface area contributed by atoms with Crippen molar-refractivity contribution in [2.75, 3.05) is 25.2 Å². The summed E-state index contributed by atoms with van der Waals surface area (Å²) in [7, 11) is 1.52. The van der Waals surface area contributed by atoms with Gasteiger partial charge in [0.25, 0.3) is 11.8 Å². The van der Waals surface area contributed by atoms with Gasteiger partial charge in [0.2, 0.25) is 5.91 Å². The summed E-state index contributed by atoms with van der Waals surface area (Å²) in [6.07, 6.45) is 0.370. The average molecular weight is 507 g/mol. The van der Waals surface area contributed by atoms with E-state index in [1.165, 1.54) is 12.0 Å². The standard InChI is InChI=1S/C28H27ClN2O5/c1-3-36-23-12-10-22(11-13-23)31-26(32)18-25(28(31)34)30(15-14-19-6-4-8-21(29)16-19)27(33)20-7-5-9-24(17-20)35-2/h4-13,16-17,25H,3,14-15,18H2,1-2H3. The Bertz CT molecular complexity index is 1260. The average Bonchev–Trinajstić information content (AvgIpc) is 3.18. The number of methoxy groups -OCH3 is 1. The maximum Gasteiger partial charge on any atom is 0.257 e. The topological polar surface area (TPSA) is 76.2 Å². The van der Waals surface area contributed by atoms with Crippen LogP contribution in [0.25, 0.3) is 0 Å². The summed E-state index contributed by atoms with van der Waals surface area (Å²) in [6, 6.07) is 19.9. The number of nitrogens with zero attached hydrogens (tertiary/aromatic N) is 2. The van der Waals surface area contributed by atoms with Crippen LogP contribution in [0.3, 0.4) is 0 Å². The number of anilines is 1. The van der Waals surface area contributed by atoms with E-state index in [4.69, 9.17) is 21.1 Å². The molecule has 1 atom stereocenters. The highest BCUT2D eigenvalue weighted by Gasteiger charge is 2.44. The molecule has 3 aromatic rings. The molecule has 1 unspecified atom stereocenters. The van der Waals surface area contributed by atoms with Crippen LogP contribution in [0, 0.1) is 0 Å². The van der Waals surface area contributed by atoms with Gasteiger partial charge in [-0.25, -0.2) is 4.90 Å². The van der Waals surface area contributed by atoms with Gasteiger partial charge >= 0.3 is 0 Å². The molecule has 0 aliphatic carbocycles. The highest BCUT2D eigenvalue weighted by atomic mass is 35.5. The molecule has 0 aromatic heterocycles. The number of amides is 3. The minimum Gasteiger partial charge on any atom is -0.497 e. The number of rotatable bonds is 9. The Morgan fingerprint density at radius 1 is 1.03 bits per heavy atom. The van der Waals surface area contributed by atoms with Gasteiger partial charge in [-0.15, -0.1) is 0 Å². The molecule has 0 saturated carbocycles. The van der Waals surface area contributed by atoms with Crippen molar-refractivity contribution >= 4 is 35.0 Å². The fourth-order valence-electron chi connectivity index (χ4n) is 4.25. The van der Waals surface area contributed by atoms with Gasteiger partial charge in [0, 0.05) is 17.1 Å². The van der Waals surface area contributed by atoms with Gasteiger partial charge in [0.05, 0.1) is 25.8 Å². The van der Waals surface area contributed by atoms with E-state index >= 15 is 0 Å². The first-order valence-corrected chi connectivity index (χ1v) is 12.1. The Morgan fingerprint density at radius 3 is 2.47 bits per heavy atom. The van der Waals surface area contributed by atoms with Crippen molar-refractivity contribution in [1.82, 2.24) is 4.90 Å². The Hall–Kier alpha value is -3.84. The second kappa shape index (κ2) is 11.3. The fraction of sp³-hybridized carbons (Fsp3) is 0.250. The summed E-state index contributed by atoms with van der Waals surface area (Å²) in [5.41, 5.74) is 1.74. The van der Waals surface area contributed by atoms with Crippen molar-refractivity contribution < 1.29 is 23.9 Å². The van der Waals surface area contributed by atoms with Crippen LogP contribution in [0.1, 0.15) is 29.3 Å². The lowest BCUT2D eigenvalue weighted by Gasteiger charge is -2.28. The third-order valence-electron chi connectivity index (χ3n) is 6.01. The number of imide groups is 1. The van der Waals surface area contributed by atoms with E-state index in [9.17, 15) is 14.4 Å². The Labute approximate surface area is 215 Å². The Balaban J connectivity index is 1.62. The van der Waals surface area contributed by atoms with E-state index in [1.54, 1.807) is 54.6 Å². The number of hydrogen-bond acceptors (Lipinski definition) is 5. The minimum atomic E-state index is -0.929. The van der Waals surface area contributed by atoms with Gasteiger partial charge < -0.3 is 14.4 Å². The largest absolute Gasteiger partial charge is 0.497 e. The molecule has 8 heteroatoms. The molecule has 0 bridgehead atoms. The van der Waals surface area contributed by atoms with E-state index in [0.29, 0.717) is 40.8 Å². The van der Waals surface area contributed by atoms with E-state index in [2.05, 4.69) is 0 Å². The lowest BCUT2D eigenvalue weighted by atomic mass is 10.1. The maximum absolute atomic E-state index is 13.6. The molecule has 1 fully saturated rings. The summed E-state index contributed by atoms with van der Waals surface area (Å²) >= 11 is 6.13. The zero-order valence-corrected chi connectivity index (χ0v) is 20.9. The molecule has 0 spiro atoms. The van der Waals surface area contributed by atoms with Crippen LogP contribution >= 0.6 is 11.6 Å². The van der Waals surface area contributed by atoms with Crippen LogP contribution in [0.2, 0.25) is 5.02 Å². The molecule has 1 heterocycles. The molecule has 0 radical (unpaired) electrons. The van der Waals surface area contributed by atoms with E-state index in [1.807, 2.05) is 25.1 Å². The second-order valence-electron chi connectivity index (χ2n) is 8.32. The zero-order chi connectivity index (χ0) is 25.7. The quantitative estimate of drug-likeness (QED) is 0.391. The van der Waals surface area contributed by atoms with Crippen molar-refractivity contribution in [3.63, 3.8) is 0 Å². The normalized spacial score (nSPS) is 15.2. The molecule has 36 heavy (non-hydrogen) atoms. The lowest BCUT2D eigenvalue weighted by Crippen LogP contribution is -2.46. The van der Waals surface area contributed by atoms with Crippen LogP contribution < -0.4 is 14.4 Å². The molecular formula is C28H27ClN2O5. The van der Waals surface area contributed by atoms with Gasteiger partial charge in [-0.05, 0) is 73.5 Å². The molecule has 0 N–H and O–H groups in total. The monoisotopic (exact) mass is 506 g/mol. The summed E-state index contributed by atoms with van der Waals surface area (Å²) in [5, 5.41) is 0.590. The van der Waals surface area contributed by atoms with Crippen molar-refractivity contribution in [3.8, 4) is 11.5 Å². The van der Waals surface area contributed by atoms with Crippen LogP contribution in [0.4, 0.5) is 5.69 Å². The number of carbonyl (C=O) groups excluding carboxylic acids is 3. The lowest BCUT2D eigenvalue weighted by molar-refractivity contribution is -0.122. The molecule has 4 rings (SSSR count). The van der Waals surface area contributed by atoms with E-state index in [0.717, 1.165) is 10.5 Å². The van der Waals surface area contributed by atoms with Crippen molar-refractivity contribution in [3.05, 3.63) is 88.9 Å².